The molecule has 92 valence electrons. The molecule has 3 heterocycles. The zero-order valence-electron chi connectivity index (χ0n) is 9.78. The number of aryl methyl sites for hydroxylation is 1. The minimum absolute atomic E-state index is 0.663. The van der Waals surface area contributed by atoms with Gasteiger partial charge >= 0.3 is 0 Å². The Balaban J connectivity index is 2.04. The SMILES string of the molecule is CCn1ncc(Br)c1Cn1cnc2nccnc21. The van der Waals surface area contributed by atoms with Crippen molar-refractivity contribution in [3.05, 3.63) is 35.1 Å². The second-order valence-corrected chi connectivity index (χ2v) is 4.69. The summed E-state index contributed by atoms with van der Waals surface area (Å²) in [5.41, 5.74) is 2.55. The minimum atomic E-state index is 0.663. The fourth-order valence-corrected chi connectivity index (χ4v) is 2.31. The molecule has 0 N–H and O–H groups in total. The van der Waals surface area contributed by atoms with Gasteiger partial charge in [0.15, 0.2) is 11.3 Å². The van der Waals surface area contributed by atoms with Gasteiger partial charge < -0.3 is 4.57 Å². The molecule has 0 spiro atoms. The molecule has 0 saturated heterocycles. The van der Waals surface area contributed by atoms with Crippen LogP contribution in [0.15, 0.2) is 29.4 Å². The van der Waals surface area contributed by atoms with E-state index in [0.717, 1.165) is 22.4 Å². The Bertz CT molecular complexity index is 686. The molecule has 18 heavy (non-hydrogen) atoms. The first-order chi connectivity index (χ1) is 8.79. The van der Waals surface area contributed by atoms with Gasteiger partial charge in [0, 0.05) is 18.9 Å². The molecule has 0 radical (unpaired) electrons. The van der Waals surface area contributed by atoms with Crippen LogP contribution in [0.3, 0.4) is 0 Å². The summed E-state index contributed by atoms with van der Waals surface area (Å²) in [4.78, 5) is 12.7. The number of imidazole rings is 1. The number of hydrogen-bond donors (Lipinski definition) is 0. The van der Waals surface area contributed by atoms with Crippen molar-refractivity contribution in [1.82, 2.24) is 29.3 Å². The topological polar surface area (TPSA) is 61.4 Å². The number of rotatable bonds is 3. The third-order valence-electron chi connectivity index (χ3n) is 2.77. The van der Waals surface area contributed by atoms with Crippen molar-refractivity contribution in [2.24, 2.45) is 0 Å². The second kappa shape index (κ2) is 4.49. The lowest BCUT2D eigenvalue weighted by Gasteiger charge is -2.06. The molecule has 0 aliphatic rings. The first kappa shape index (κ1) is 11.3. The van der Waals surface area contributed by atoms with E-state index in [1.165, 1.54) is 0 Å². The Kier molecular flexibility index (Phi) is 2.83. The Morgan fingerprint density at radius 3 is 2.89 bits per heavy atom. The molecule has 0 amide bonds. The zero-order chi connectivity index (χ0) is 12.5. The highest BCUT2D eigenvalue weighted by atomic mass is 79.9. The standard InChI is InChI=1S/C11H11BrN6/c1-2-18-9(8(12)5-16-18)6-17-7-15-10-11(17)14-4-3-13-10/h3-5,7H,2,6H2,1H3. The van der Waals surface area contributed by atoms with E-state index >= 15 is 0 Å². The van der Waals surface area contributed by atoms with Gasteiger partial charge in [-0.05, 0) is 22.9 Å². The van der Waals surface area contributed by atoms with E-state index in [2.05, 4.69) is 42.9 Å². The summed E-state index contributed by atoms with van der Waals surface area (Å²) < 4.78 is 4.91. The highest BCUT2D eigenvalue weighted by molar-refractivity contribution is 9.10. The number of aromatic nitrogens is 6. The molecule has 3 aromatic heterocycles. The van der Waals surface area contributed by atoms with Crippen LogP contribution in [0, 0.1) is 0 Å². The van der Waals surface area contributed by atoms with Crippen molar-refractivity contribution in [3.8, 4) is 0 Å². The van der Waals surface area contributed by atoms with Crippen molar-refractivity contribution in [2.45, 2.75) is 20.0 Å². The lowest BCUT2D eigenvalue weighted by Crippen LogP contribution is -2.08. The lowest BCUT2D eigenvalue weighted by molar-refractivity contribution is 0.602. The van der Waals surface area contributed by atoms with Crippen molar-refractivity contribution in [1.29, 1.82) is 0 Å². The van der Waals surface area contributed by atoms with Crippen LogP contribution in [0.25, 0.3) is 11.3 Å². The molecule has 7 heteroatoms. The van der Waals surface area contributed by atoms with E-state index in [0.29, 0.717) is 12.2 Å². The van der Waals surface area contributed by atoms with Gasteiger partial charge in [-0.1, -0.05) is 0 Å². The molecule has 6 nitrogen and oxygen atoms in total. The van der Waals surface area contributed by atoms with E-state index in [1.807, 2.05) is 15.4 Å². The zero-order valence-corrected chi connectivity index (χ0v) is 11.4. The quantitative estimate of drug-likeness (QED) is 0.741. The summed E-state index contributed by atoms with van der Waals surface area (Å²) in [6.45, 7) is 3.57. The van der Waals surface area contributed by atoms with E-state index in [-0.39, 0.29) is 0 Å². The van der Waals surface area contributed by atoms with Crippen LogP contribution in [0.1, 0.15) is 12.6 Å². The van der Waals surface area contributed by atoms with Gasteiger partial charge in [-0.15, -0.1) is 0 Å². The maximum absolute atomic E-state index is 4.30. The Morgan fingerprint density at radius 2 is 2.06 bits per heavy atom. The van der Waals surface area contributed by atoms with Crippen LogP contribution in [0.4, 0.5) is 0 Å². The molecule has 0 aromatic carbocycles. The fraction of sp³-hybridized carbons (Fsp3) is 0.273. The van der Waals surface area contributed by atoms with Crippen LogP contribution < -0.4 is 0 Å². The van der Waals surface area contributed by atoms with Gasteiger partial charge in [0.05, 0.1) is 29.2 Å². The highest BCUT2D eigenvalue weighted by Gasteiger charge is 2.11. The molecule has 0 atom stereocenters. The Morgan fingerprint density at radius 1 is 1.22 bits per heavy atom. The van der Waals surface area contributed by atoms with Gasteiger partial charge in [-0.25, -0.2) is 15.0 Å². The molecule has 3 rings (SSSR count). The summed E-state index contributed by atoms with van der Waals surface area (Å²) in [7, 11) is 0. The molecule has 0 saturated carbocycles. The first-order valence-corrected chi connectivity index (χ1v) is 6.41. The maximum atomic E-state index is 4.30. The van der Waals surface area contributed by atoms with Crippen molar-refractivity contribution in [3.63, 3.8) is 0 Å². The van der Waals surface area contributed by atoms with Gasteiger partial charge in [0.25, 0.3) is 0 Å². The van der Waals surface area contributed by atoms with E-state index in [1.54, 1.807) is 18.7 Å². The highest BCUT2D eigenvalue weighted by Crippen LogP contribution is 2.18. The summed E-state index contributed by atoms with van der Waals surface area (Å²) in [5, 5.41) is 4.29. The predicted octanol–water partition coefficient (Wildman–Crippen LogP) is 1.85. The monoisotopic (exact) mass is 306 g/mol. The first-order valence-electron chi connectivity index (χ1n) is 5.61. The maximum Gasteiger partial charge on any atom is 0.197 e. The van der Waals surface area contributed by atoms with E-state index in [4.69, 9.17) is 0 Å². The Hall–Kier alpha value is -1.76. The van der Waals surface area contributed by atoms with Crippen LogP contribution in [-0.2, 0) is 13.1 Å². The van der Waals surface area contributed by atoms with E-state index in [9.17, 15) is 0 Å². The molecule has 0 aliphatic heterocycles. The molecule has 0 fully saturated rings. The number of nitrogens with zero attached hydrogens (tertiary/aromatic N) is 6. The third-order valence-corrected chi connectivity index (χ3v) is 3.43. The summed E-state index contributed by atoms with van der Waals surface area (Å²) in [6, 6.07) is 0. The number of hydrogen-bond acceptors (Lipinski definition) is 4. The fourth-order valence-electron chi connectivity index (χ4n) is 1.89. The van der Waals surface area contributed by atoms with Crippen molar-refractivity contribution >= 4 is 27.2 Å². The summed E-state index contributed by atoms with van der Waals surface area (Å²) >= 11 is 3.51. The predicted molar refractivity (Wildman–Crippen MR) is 70.0 cm³/mol. The van der Waals surface area contributed by atoms with Gasteiger partial charge in [0.2, 0.25) is 0 Å². The number of fused-ring (bicyclic) bond motifs is 1. The normalized spacial score (nSPS) is 11.2. The molecular weight excluding hydrogens is 296 g/mol. The van der Waals surface area contributed by atoms with Crippen molar-refractivity contribution in [2.75, 3.05) is 0 Å². The van der Waals surface area contributed by atoms with Crippen LogP contribution in [0.2, 0.25) is 0 Å². The van der Waals surface area contributed by atoms with Gasteiger partial charge in [0.1, 0.15) is 0 Å². The lowest BCUT2D eigenvalue weighted by atomic mass is 10.4. The summed E-state index contributed by atoms with van der Waals surface area (Å²) in [5.74, 6) is 0. The van der Waals surface area contributed by atoms with E-state index < -0.39 is 0 Å². The largest absolute Gasteiger partial charge is 0.308 e. The number of halogens is 1. The summed E-state index contributed by atoms with van der Waals surface area (Å²) in [6.07, 6.45) is 6.88. The average molecular weight is 307 g/mol. The molecular formula is C11H11BrN6. The van der Waals surface area contributed by atoms with Gasteiger partial charge in [-0.3, -0.25) is 4.68 Å². The average Bonchev–Trinajstić information content (AvgIpc) is 2.96. The van der Waals surface area contributed by atoms with Crippen molar-refractivity contribution < 1.29 is 0 Å². The Labute approximate surface area is 112 Å². The minimum Gasteiger partial charge on any atom is -0.308 e. The molecule has 3 aromatic rings. The molecule has 0 unspecified atom stereocenters. The van der Waals surface area contributed by atoms with Crippen LogP contribution >= 0.6 is 15.9 Å². The second-order valence-electron chi connectivity index (χ2n) is 3.83. The van der Waals surface area contributed by atoms with Crippen LogP contribution in [-0.4, -0.2) is 29.3 Å². The molecule has 0 bridgehead atoms. The smallest absolute Gasteiger partial charge is 0.197 e. The van der Waals surface area contributed by atoms with Gasteiger partial charge in [-0.2, -0.15) is 5.10 Å². The third kappa shape index (κ3) is 1.80. The van der Waals surface area contributed by atoms with Crippen LogP contribution in [0.5, 0.6) is 0 Å². The molecule has 0 aliphatic carbocycles.